The van der Waals surface area contributed by atoms with Gasteiger partial charge in [-0.05, 0) is 18.2 Å². The van der Waals surface area contributed by atoms with Crippen LogP contribution in [-0.4, -0.2) is 19.5 Å². The van der Waals surface area contributed by atoms with Gasteiger partial charge in [0.05, 0.1) is 28.1 Å². The third-order valence-corrected chi connectivity index (χ3v) is 4.87. The predicted octanol–water partition coefficient (Wildman–Crippen LogP) is 2.76. The van der Waals surface area contributed by atoms with Crippen LogP contribution in [0.1, 0.15) is 15.9 Å². The first-order valence-corrected chi connectivity index (χ1v) is 7.79. The molecule has 0 atom stereocenters. The van der Waals surface area contributed by atoms with E-state index in [2.05, 4.69) is 4.72 Å². The van der Waals surface area contributed by atoms with Crippen LogP contribution in [0.4, 0.5) is 0 Å². The molecule has 21 heavy (non-hydrogen) atoms. The molecule has 0 saturated heterocycles. The molecule has 9 heteroatoms. The molecule has 112 valence electrons. The molecule has 2 N–H and O–H groups in total. The van der Waals surface area contributed by atoms with Crippen molar-refractivity contribution in [3.05, 3.63) is 51.9 Å². The van der Waals surface area contributed by atoms with Crippen molar-refractivity contribution in [3.63, 3.8) is 0 Å². The lowest BCUT2D eigenvalue weighted by atomic mass is 10.2. The molecule has 0 saturated carbocycles. The van der Waals surface area contributed by atoms with E-state index in [9.17, 15) is 13.2 Å². The second-order valence-corrected chi connectivity index (χ2v) is 6.52. The van der Waals surface area contributed by atoms with Gasteiger partial charge in [-0.1, -0.05) is 23.2 Å². The Morgan fingerprint density at radius 3 is 2.57 bits per heavy atom. The highest BCUT2D eigenvalue weighted by molar-refractivity contribution is 7.89. The Morgan fingerprint density at radius 1 is 1.29 bits per heavy atom. The third-order valence-electron chi connectivity index (χ3n) is 2.61. The maximum absolute atomic E-state index is 12.2. The summed E-state index contributed by atoms with van der Waals surface area (Å²) in [7, 11) is -3.99. The summed E-state index contributed by atoms with van der Waals surface area (Å²) in [6.07, 6.45) is 2.79. The number of aromatic carboxylic acids is 1. The van der Waals surface area contributed by atoms with Gasteiger partial charge in [-0.15, -0.1) is 0 Å². The molecular weight excluding hydrogens is 341 g/mol. The number of hydrogen-bond acceptors (Lipinski definition) is 4. The van der Waals surface area contributed by atoms with Gasteiger partial charge in [0.2, 0.25) is 10.0 Å². The van der Waals surface area contributed by atoms with E-state index in [1.54, 1.807) is 6.07 Å². The second kappa shape index (κ2) is 6.07. The third kappa shape index (κ3) is 3.38. The number of nitrogens with one attached hydrogen (secondary N) is 1. The van der Waals surface area contributed by atoms with Crippen molar-refractivity contribution in [1.29, 1.82) is 0 Å². The fourth-order valence-corrected chi connectivity index (χ4v) is 3.52. The molecular formula is C12H9Cl2NO5S. The van der Waals surface area contributed by atoms with E-state index in [4.69, 9.17) is 32.7 Å². The highest BCUT2D eigenvalue weighted by Crippen LogP contribution is 2.31. The molecule has 0 fully saturated rings. The lowest BCUT2D eigenvalue weighted by Crippen LogP contribution is -2.23. The van der Waals surface area contributed by atoms with E-state index in [1.807, 2.05) is 0 Å². The Labute approximate surface area is 130 Å². The SMILES string of the molecule is O=C(O)c1c(Cl)ccc(S(=O)(=O)NCc2ccoc2)c1Cl. The molecule has 6 nitrogen and oxygen atoms in total. The van der Waals surface area contributed by atoms with Crippen LogP contribution in [0, 0.1) is 0 Å². The molecule has 1 heterocycles. The zero-order valence-corrected chi connectivity index (χ0v) is 12.7. The lowest BCUT2D eigenvalue weighted by Gasteiger charge is -2.10. The van der Waals surface area contributed by atoms with E-state index in [0.717, 1.165) is 6.07 Å². The lowest BCUT2D eigenvalue weighted by molar-refractivity contribution is 0.0697. The minimum absolute atomic E-state index is 0.0137. The van der Waals surface area contributed by atoms with E-state index in [1.165, 1.54) is 18.6 Å². The monoisotopic (exact) mass is 349 g/mol. The van der Waals surface area contributed by atoms with Crippen molar-refractivity contribution >= 4 is 39.2 Å². The van der Waals surface area contributed by atoms with Crippen molar-refractivity contribution in [2.45, 2.75) is 11.4 Å². The van der Waals surface area contributed by atoms with Gasteiger partial charge in [0, 0.05) is 12.1 Å². The molecule has 2 rings (SSSR count). The largest absolute Gasteiger partial charge is 0.478 e. The van der Waals surface area contributed by atoms with Crippen LogP contribution in [0.25, 0.3) is 0 Å². The fraction of sp³-hybridized carbons (Fsp3) is 0.0833. The minimum atomic E-state index is -3.99. The number of carbonyl (C=O) groups is 1. The maximum atomic E-state index is 12.2. The Bertz CT molecular complexity index is 771. The number of halogens is 2. The summed E-state index contributed by atoms with van der Waals surface area (Å²) in [4.78, 5) is 10.7. The van der Waals surface area contributed by atoms with Crippen LogP contribution in [-0.2, 0) is 16.6 Å². The van der Waals surface area contributed by atoms with E-state index in [0.29, 0.717) is 5.56 Å². The number of carboxylic acid groups (broad SMARTS) is 1. The first-order chi connectivity index (χ1) is 9.83. The number of rotatable bonds is 5. The smallest absolute Gasteiger partial charge is 0.338 e. The minimum Gasteiger partial charge on any atom is -0.478 e. The van der Waals surface area contributed by atoms with Gasteiger partial charge in [-0.3, -0.25) is 0 Å². The highest BCUT2D eigenvalue weighted by atomic mass is 35.5. The van der Waals surface area contributed by atoms with E-state index in [-0.39, 0.29) is 16.5 Å². The summed E-state index contributed by atoms with van der Waals surface area (Å²) < 4.78 is 31.5. The maximum Gasteiger partial charge on any atom is 0.338 e. The van der Waals surface area contributed by atoms with Crippen LogP contribution < -0.4 is 4.72 Å². The number of hydrogen-bond donors (Lipinski definition) is 2. The standard InChI is InChI=1S/C12H9Cl2NO5S/c13-8-1-2-9(11(14)10(8)12(16)17)21(18,19)15-5-7-3-4-20-6-7/h1-4,6,15H,5H2,(H,16,17). The zero-order valence-electron chi connectivity index (χ0n) is 10.3. The summed E-state index contributed by atoms with van der Waals surface area (Å²) in [5, 5.41) is 8.45. The van der Waals surface area contributed by atoms with Gasteiger partial charge in [0.1, 0.15) is 4.90 Å². The van der Waals surface area contributed by atoms with Gasteiger partial charge in [-0.2, -0.15) is 0 Å². The Balaban J connectivity index is 2.36. The molecule has 0 radical (unpaired) electrons. The molecule has 1 aromatic heterocycles. The Morgan fingerprint density at radius 2 is 2.00 bits per heavy atom. The highest BCUT2D eigenvalue weighted by Gasteiger charge is 2.24. The molecule has 1 aromatic carbocycles. The molecule has 0 aliphatic rings. The first-order valence-electron chi connectivity index (χ1n) is 5.55. The predicted molar refractivity (Wildman–Crippen MR) is 76.2 cm³/mol. The quantitative estimate of drug-likeness (QED) is 0.864. The van der Waals surface area contributed by atoms with E-state index < -0.39 is 26.6 Å². The summed E-state index contributed by atoms with van der Waals surface area (Å²) in [5.41, 5.74) is 0.159. The van der Waals surface area contributed by atoms with Gasteiger partial charge < -0.3 is 9.52 Å². The fourth-order valence-electron chi connectivity index (χ4n) is 1.59. The number of sulfonamides is 1. The van der Waals surface area contributed by atoms with Crippen LogP contribution in [0.15, 0.2) is 40.0 Å². The van der Waals surface area contributed by atoms with Gasteiger partial charge in [0.25, 0.3) is 0 Å². The number of carboxylic acids is 1. The van der Waals surface area contributed by atoms with Crippen molar-refractivity contribution in [1.82, 2.24) is 4.72 Å². The molecule has 0 amide bonds. The van der Waals surface area contributed by atoms with Crippen LogP contribution >= 0.6 is 23.2 Å². The van der Waals surface area contributed by atoms with Gasteiger partial charge >= 0.3 is 5.97 Å². The summed E-state index contributed by atoms with van der Waals surface area (Å²) in [6.45, 7) is -0.0137. The Kier molecular flexibility index (Phi) is 4.58. The van der Waals surface area contributed by atoms with Crippen LogP contribution in [0.3, 0.4) is 0 Å². The average Bonchev–Trinajstić information content (AvgIpc) is 2.88. The molecule has 0 unspecified atom stereocenters. The van der Waals surface area contributed by atoms with Crippen molar-refractivity contribution in [2.75, 3.05) is 0 Å². The summed E-state index contributed by atoms with van der Waals surface area (Å²) in [6, 6.07) is 3.91. The zero-order chi connectivity index (χ0) is 15.6. The second-order valence-electron chi connectivity index (χ2n) is 4.00. The number of furan rings is 1. The van der Waals surface area contributed by atoms with E-state index >= 15 is 0 Å². The molecule has 0 aliphatic carbocycles. The Hall–Kier alpha value is -1.54. The molecule has 0 aliphatic heterocycles. The van der Waals surface area contributed by atoms with Gasteiger partial charge in [0.15, 0.2) is 0 Å². The summed E-state index contributed by atoms with van der Waals surface area (Å²) in [5.74, 6) is -1.41. The van der Waals surface area contributed by atoms with Crippen molar-refractivity contribution in [2.24, 2.45) is 0 Å². The van der Waals surface area contributed by atoms with Crippen molar-refractivity contribution < 1.29 is 22.7 Å². The van der Waals surface area contributed by atoms with Gasteiger partial charge in [-0.25, -0.2) is 17.9 Å². The first kappa shape index (κ1) is 15.8. The normalized spacial score (nSPS) is 11.5. The average molecular weight is 350 g/mol. The van der Waals surface area contributed by atoms with Crippen LogP contribution in [0.2, 0.25) is 10.0 Å². The summed E-state index contributed by atoms with van der Waals surface area (Å²) >= 11 is 11.6. The van der Waals surface area contributed by atoms with Crippen molar-refractivity contribution in [3.8, 4) is 0 Å². The topological polar surface area (TPSA) is 96.6 Å². The number of benzene rings is 1. The molecule has 2 aromatic rings. The van der Waals surface area contributed by atoms with Crippen LogP contribution in [0.5, 0.6) is 0 Å². The molecule has 0 bridgehead atoms. The molecule has 0 spiro atoms.